The number of halogens is 8. The van der Waals surface area contributed by atoms with Crippen LogP contribution in [-0.4, -0.2) is 0 Å². The van der Waals surface area contributed by atoms with Gasteiger partial charge in [0, 0.05) is 5.56 Å². The van der Waals surface area contributed by atoms with E-state index in [2.05, 4.69) is 0 Å². The average Bonchev–Trinajstić information content (AvgIpc) is 2.31. The Labute approximate surface area is 114 Å². The van der Waals surface area contributed by atoms with E-state index in [1.165, 1.54) is 0 Å². The van der Waals surface area contributed by atoms with Crippen molar-refractivity contribution in [2.75, 3.05) is 0 Å². The van der Waals surface area contributed by atoms with Crippen molar-refractivity contribution in [2.45, 2.75) is 17.5 Å². The van der Waals surface area contributed by atoms with Crippen molar-refractivity contribution in [1.82, 2.24) is 0 Å². The number of hydrogen-bond donors (Lipinski definition) is 0. The minimum Gasteiger partial charge on any atom is -0.203 e. The van der Waals surface area contributed by atoms with Gasteiger partial charge < -0.3 is 0 Å². The van der Waals surface area contributed by atoms with E-state index in [0.29, 0.717) is 6.07 Å². The van der Waals surface area contributed by atoms with Crippen LogP contribution in [0.4, 0.5) is 33.6 Å². The summed E-state index contributed by atoms with van der Waals surface area (Å²) in [4.78, 5) is -2.21. The number of benzene rings is 1. The highest BCUT2D eigenvalue weighted by atomic mass is 32.3. The number of alkyl halides is 3. The molecule has 0 bridgehead atoms. The van der Waals surface area contributed by atoms with Crippen LogP contribution in [0.15, 0.2) is 4.90 Å². The summed E-state index contributed by atoms with van der Waals surface area (Å²) in [5, 5.41) is 16.8. The fourth-order valence-corrected chi connectivity index (χ4v) is 2.40. The van der Waals surface area contributed by atoms with E-state index >= 15 is 0 Å². The monoisotopic (exact) mass is 334 g/mol. The van der Waals surface area contributed by atoms with E-state index in [1.54, 1.807) is 0 Å². The lowest BCUT2D eigenvalue weighted by Crippen LogP contribution is -2.16. The van der Waals surface area contributed by atoms with Crippen LogP contribution in [0.5, 0.6) is 0 Å². The molecule has 11 heteroatoms. The molecule has 21 heavy (non-hydrogen) atoms. The van der Waals surface area contributed by atoms with E-state index < -0.39 is 57.0 Å². The first-order chi connectivity index (χ1) is 9.46. The summed E-state index contributed by atoms with van der Waals surface area (Å²) < 4.78 is 103. The Morgan fingerprint density at radius 2 is 1.52 bits per heavy atom. The van der Waals surface area contributed by atoms with Gasteiger partial charge in [-0.05, 0) is 0 Å². The smallest absolute Gasteiger partial charge is 0.203 e. The van der Waals surface area contributed by atoms with Gasteiger partial charge in [0.05, 0.1) is 18.1 Å². The number of rotatable bonds is 2. The lowest BCUT2D eigenvalue weighted by Gasteiger charge is -2.20. The number of hydrogen-bond acceptors (Lipinski definition) is 2. The van der Waals surface area contributed by atoms with Crippen molar-refractivity contribution in [1.29, 1.82) is 10.5 Å². The molecular formula is C10H2F8N2S. The molecule has 0 unspecified atom stereocenters. The fraction of sp³-hybridized carbons (Fsp3) is 0.200. The first-order valence-electron chi connectivity index (χ1n) is 4.77. The van der Waals surface area contributed by atoms with E-state index in [-0.39, 0.29) is 0 Å². The summed E-state index contributed by atoms with van der Waals surface area (Å²) in [6.45, 7) is 0. The minimum atomic E-state index is -6.50. The van der Waals surface area contributed by atoms with Gasteiger partial charge in [-0.25, -0.2) is 8.78 Å². The van der Waals surface area contributed by atoms with E-state index in [4.69, 9.17) is 10.5 Å². The van der Waals surface area contributed by atoms with Crippen LogP contribution in [0.2, 0.25) is 0 Å². The summed E-state index contributed by atoms with van der Waals surface area (Å²) in [7, 11) is 0. The third kappa shape index (κ3) is 3.03. The maximum atomic E-state index is 13.5. The van der Waals surface area contributed by atoms with Crippen LogP contribution >= 0.6 is 11.2 Å². The van der Waals surface area contributed by atoms with Crippen molar-refractivity contribution in [2.24, 2.45) is 0 Å². The standard InChI is InChI=1S/C10H2F8N2S/c11-7-4(1-2-19)9(21(16,17)18)5(3-20)6(8(7)12)10(13,14)15/h1H2. The molecule has 0 aliphatic carbocycles. The maximum absolute atomic E-state index is 13.5. The van der Waals surface area contributed by atoms with Gasteiger partial charge in [-0.3, -0.25) is 0 Å². The Bertz CT molecular complexity index is 662. The van der Waals surface area contributed by atoms with E-state index in [9.17, 15) is 33.6 Å². The van der Waals surface area contributed by atoms with Crippen LogP contribution < -0.4 is 0 Å². The van der Waals surface area contributed by atoms with Crippen molar-refractivity contribution in [3.8, 4) is 12.1 Å². The minimum absolute atomic E-state index is 0.609. The molecule has 0 heterocycles. The van der Waals surface area contributed by atoms with Gasteiger partial charge in [0.1, 0.15) is 16.5 Å². The van der Waals surface area contributed by atoms with Crippen molar-refractivity contribution < 1.29 is 33.6 Å². The summed E-state index contributed by atoms with van der Waals surface area (Å²) in [6, 6.07) is 1.70. The molecule has 0 saturated heterocycles. The van der Waals surface area contributed by atoms with Gasteiger partial charge in [0.25, 0.3) is 0 Å². The molecule has 114 valence electrons. The molecule has 0 amide bonds. The van der Waals surface area contributed by atoms with Gasteiger partial charge in [-0.15, -0.1) is 11.7 Å². The Balaban J connectivity index is 4.05. The third-order valence-electron chi connectivity index (χ3n) is 2.31. The molecule has 0 radical (unpaired) electrons. The van der Waals surface area contributed by atoms with Gasteiger partial charge in [0.15, 0.2) is 11.6 Å². The highest BCUT2D eigenvalue weighted by Crippen LogP contribution is 2.64. The van der Waals surface area contributed by atoms with Crippen molar-refractivity contribution in [3.05, 3.63) is 28.3 Å². The van der Waals surface area contributed by atoms with Crippen molar-refractivity contribution >= 4 is 11.2 Å². The maximum Gasteiger partial charge on any atom is 0.420 e. The van der Waals surface area contributed by atoms with Crippen LogP contribution in [0.1, 0.15) is 16.7 Å². The quantitative estimate of drug-likeness (QED) is 0.734. The Hall–Kier alpha value is -2.01. The SMILES string of the molecule is N#CCc1c(F)c(F)c(C(F)(F)F)c(C#N)c1S(F)(F)F. The zero-order valence-corrected chi connectivity index (χ0v) is 10.3. The average molecular weight is 334 g/mol. The Morgan fingerprint density at radius 1 is 1.00 bits per heavy atom. The molecule has 0 spiro atoms. The molecule has 0 atom stereocenters. The number of nitrogens with zero attached hydrogens (tertiary/aromatic N) is 2. The molecule has 0 aliphatic heterocycles. The predicted molar refractivity (Wildman–Crippen MR) is 54.6 cm³/mol. The highest BCUT2D eigenvalue weighted by Gasteiger charge is 2.45. The summed E-state index contributed by atoms with van der Waals surface area (Å²) in [6.07, 6.45) is -7.02. The molecule has 0 aliphatic rings. The third-order valence-corrected chi connectivity index (χ3v) is 3.22. The molecule has 1 aromatic rings. The molecule has 0 aromatic heterocycles. The second-order valence-corrected chi connectivity index (χ2v) is 4.76. The lowest BCUT2D eigenvalue weighted by atomic mass is 10.0. The zero-order valence-electron chi connectivity index (χ0n) is 9.53. The topological polar surface area (TPSA) is 47.6 Å². The van der Waals surface area contributed by atoms with Crippen molar-refractivity contribution in [3.63, 3.8) is 0 Å². The second kappa shape index (κ2) is 5.41. The lowest BCUT2D eigenvalue weighted by molar-refractivity contribution is -0.140. The Morgan fingerprint density at radius 3 is 1.86 bits per heavy atom. The highest BCUT2D eigenvalue weighted by molar-refractivity contribution is 8.21. The van der Waals surface area contributed by atoms with Crippen LogP contribution in [0.3, 0.4) is 0 Å². The van der Waals surface area contributed by atoms with Gasteiger partial charge in [0.2, 0.25) is 11.2 Å². The molecule has 0 saturated carbocycles. The van der Waals surface area contributed by atoms with Gasteiger partial charge >= 0.3 is 6.18 Å². The van der Waals surface area contributed by atoms with Gasteiger partial charge in [-0.2, -0.15) is 23.7 Å². The fourth-order valence-electron chi connectivity index (χ4n) is 1.58. The van der Waals surface area contributed by atoms with Crippen LogP contribution in [-0.2, 0) is 12.6 Å². The molecule has 0 N–H and O–H groups in total. The first-order valence-corrected chi connectivity index (χ1v) is 6.10. The largest absolute Gasteiger partial charge is 0.420 e. The molecule has 1 rings (SSSR count). The molecule has 2 nitrogen and oxygen atoms in total. The summed E-state index contributed by atoms with van der Waals surface area (Å²) in [5.74, 6) is -5.06. The Kier molecular flexibility index (Phi) is 4.39. The normalized spacial score (nSPS) is 12.7. The van der Waals surface area contributed by atoms with Crippen LogP contribution in [0, 0.1) is 34.3 Å². The molecule has 1 aromatic carbocycles. The second-order valence-electron chi connectivity index (χ2n) is 3.54. The number of nitriles is 2. The van der Waals surface area contributed by atoms with E-state index in [1.807, 2.05) is 0 Å². The molecule has 0 fully saturated rings. The predicted octanol–water partition coefficient (Wildman–Crippen LogP) is 4.74. The summed E-state index contributed by atoms with van der Waals surface area (Å²) >= 11 is -6.50. The first kappa shape index (κ1) is 17.0. The van der Waals surface area contributed by atoms with E-state index in [0.717, 1.165) is 6.07 Å². The zero-order chi connectivity index (χ0) is 16.6. The summed E-state index contributed by atoms with van der Waals surface area (Å²) in [5.41, 5.74) is -6.28. The van der Waals surface area contributed by atoms with Gasteiger partial charge in [-0.1, -0.05) is 0 Å². The molecular weight excluding hydrogens is 332 g/mol. The van der Waals surface area contributed by atoms with Crippen LogP contribution in [0.25, 0.3) is 0 Å².